The monoisotopic (exact) mass is 452 g/mol. The van der Waals surface area contributed by atoms with Crippen molar-refractivity contribution in [3.05, 3.63) is 71.8 Å². The van der Waals surface area contributed by atoms with E-state index in [1.165, 1.54) is 6.92 Å². The van der Waals surface area contributed by atoms with Crippen LogP contribution in [0.3, 0.4) is 0 Å². The molecule has 0 radical (unpaired) electrons. The van der Waals surface area contributed by atoms with Gasteiger partial charge in [0.2, 0.25) is 0 Å². The molecule has 1 aliphatic carbocycles. The normalized spacial score (nSPS) is 32.0. The molecule has 2 heterocycles. The molecule has 0 amide bonds. The average molecular weight is 452 g/mol. The zero-order valence-electron chi connectivity index (χ0n) is 18.0. The summed E-state index contributed by atoms with van der Waals surface area (Å²) in [4.78, 5) is 38.2. The van der Waals surface area contributed by atoms with E-state index in [0.29, 0.717) is 24.2 Å². The van der Waals surface area contributed by atoms with Gasteiger partial charge in [0, 0.05) is 12.8 Å². The van der Waals surface area contributed by atoms with E-state index in [9.17, 15) is 14.4 Å². The number of ether oxygens (including phenoxy) is 5. The van der Waals surface area contributed by atoms with Gasteiger partial charge in [0.1, 0.15) is 6.10 Å². The van der Waals surface area contributed by atoms with Crippen molar-refractivity contribution in [2.45, 2.75) is 37.4 Å². The second-order valence-corrected chi connectivity index (χ2v) is 8.50. The second-order valence-electron chi connectivity index (χ2n) is 8.50. The van der Waals surface area contributed by atoms with Gasteiger partial charge >= 0.3 is 17.9 Å². The van der Waals surface area contributed by atoms with E-state index in [-0.39, 0.29) is 12.5 Å². The molecule has 33 heavy (non-hydrogen) atoms. The summed E-state index contributed by atoms with van der Waals surface area (Å²) in [7, 11) is 0. The Bertz CT molecular complexity index is 1040. The molecule has 5 rings (SSSR count). The van der Waals surface area contributed by atoms with Gasteiger partial charge in [0.05, 0.1) is 30.3 Å². The van der Waals surface area contributed by atoms with Crippen LogP contribution >= 0.6 is 0 Å². The van der Waals surface area contributed by atoms with E-state index in [1.54, 1.807) is 60.7 Å². The standard InChI is InChI=1S/C25H24O8/c1-15(26)33-25-14-30-24-19(25)18(12-13-29-24)20(31-22(27)16-8-4-2-5-9-16)21(25)32-23(28)17-10-6-3-7-11-17/h2-11,18-21,24H,12-14H2,1H3/t18-,19-,20+,21-,24-,25-/m1/s1. The number of hydrogen-bond donors (Lipinski definition) is 0. The highest BCUT2D eigenvalue weighted by atomic mass is 16.7. The third-order valence-electron chi connectivity index (χ3n) is 6.56. The average Bonchev–Trinajstić information content (AvgIpc) is 3.31. The summed E-state index contributed by atoms with van der Waals surface area (Å²) < 4.78 is 29.3. The van der Waals surface area contributed by atoms with Crippen molar-refractivity contribution in [1.29, 1.82) is 0 Å². The first-order chi connectivity index (χ1) is 16.0. The summed E-state index contributed by atoms with van der Waals surface area (Å²) in [5, 5.41) is 0. The molecule has 1 saturated carbocycles. The number of rotatable bonds is 5. The van der Waals surface area contributed by atoms with Crippen molar-refractivity contribution in [2.75, 3.05) is 13.2 Å². The first kappa shape index (κ1) is 21.6. The van der Waals surface area contributed by atoms with Gasteiger partial charge in [-0.25, -0.2) is 9.59 Å². The van der Waals surface area contributed by atoms with Crippen LogP contribution in [0.15, 0.2) is 60.7 Å². The van der Waals surface area contributed by atoms with Crippen molar-refractivity contribution >= 4 is 17.9 Å². The number of hydrogen-bond acceptors (Lipinski definition) is 8. The van der Waals surface area contributed by atoms with Crippen LogP contribution in [0.4, 0.5) is 0 Å². The molecule has 3 fully saturated rings. The van der Waals surface area contributed by atoms with Crippen LogP contribution in [0.5, 0.6) is 0 Å². The highest BCUT2D eigenvalue weighted by molar-refractivity contribution is 5.90. The molecular formula is C25H24O8. The van der Waals surface area contributed by atoms with Crippen LogP contribution in [0, 0.1) is 11.8 Å². The van der Waals surface area contributed by atoms with E-state index in [2.05, 4.69) is 0 Å². The Morgan fingerprint density at radius 3 is 2.09 bits per heavy atom. The number of carbonyl (C=O) groups is 3. The third-order valence-corrected chi connectivity index (χ3v) is 6.56. The molecule has 6 atom stereocenters. The fourth-order valence-corrected chi connectivity index (χ4v) is 5.26. The molecule has 2 aromatic rings. The van der Waals surface area contributed by atoms with Crippen LogP contribution in [0.1, 0.15) is 34.1 Å². The Hall–Kier alpha value is -3.23. The van der Waals surface area contributed by atoms with Crippen molar-refractivity contribution in [2.24, 2.45) is 11.8 Å². The van der Waals surface area contributed by atoms with Crippen LogP contribution in [0.2, 0.25) is 0 Å². The van der Waals surface area contributed by atoms with Crippen LogP contribution in [0.25, 0.3) is 0 Å². The number of carbonyl (C=O) groups excluding carboxylic acids is 3. The van der Waals surface area contributed by atoms with Gasteiger partial charge in [-0.2, -0.15) is 0 Å². The molecule has 0 spiro atoms. The minimum Gasteiger partial charge on any atom is -0.454 e. The molecule has 0 bridgehead atoms. The maximum Gasteiger partial charge on any atom is 0.338 e. The molecule has 8 nitrogen and oxygen atoms in total. The van der Waals surface area contributed by atoms with Gasteiger partial charge in [-0.15, -0.1) is 0 Å². The molecular weight excluding hydrogens is 428 g/mol. The van der Waals surface area contributed by atoms with Crippen molar-refractivity contribution in [3.63, 3.8) is 0 Å². The van der Waals surface area contributed by atoms with E-state index in [1.807, 2.05) is 0 Å². The molecule has 0 unspecified atom stereocenters. The predicted octanol–water partition coefficient (Wildman–Crippen LogP) is 2.76. The molecule has 8 heteroatoms. The van der Waals surface area contributed by atoms with Gasteiger partial charge in [0.25, 0.3) is 0 Å². The molecule has 2 saturated heterocycles. The summed E-state index contributed by atoms with van der Waals surface area (Å²) in [6.45, 7) is 1.66. The van der Waals surface area contributed by atoms with Gasteiger partial charge in [-0.3, -0.25) is 4.79 Å². The van der Waals surface area contributed by atoms with Crippen molar-refractivity contribution in [1.82, 2.24) is 0 Å². The summed E-state index contributed by atoms with van der Waals surface area (Å²) in [5.41, 5.74) is -0.595. The predicted molar refractivity (Wildman–Crippen MR) is 113 cm³/mol. The molecule has 3 aliphatic rings. The summed E-state index contributed by atoms with van der Waals surface area (Å²) in [6.07, 6.45) is -1.98. The molecule has 0 aromatic heterocycles. The lowest BCUT2D eigenvalue weighted by atomic mass is 9.84. The Labute approximate surface area is 190 Å². The SMILES string of the molecule is CC(=O)O[C@@]12CO[C@H]3OCC[C@@H]([C@H](OC(=O)c4ccccc4)[C@H]1OC(=O)c1ccccc1)[C@H]32. The second kappa shape index (κ2) is 8.61. The third kappa shape index (κ3) is 3.79. The Morgan fingerprint density at radius 1 is 0.879 bits per heavy atom. The molecule has 2 aliphatic heterocycles. The first-order valence-corrected chi connectivity index (χ1v) is 10.9. The van der Waals surface area contributed by atoms with Gasteiger partial charge in [-0.1, -0.05) is 36.4 Å². The maximum absolute atomic E-state index is 13.0. The zero-order valence-corrected chi connectivity index (χ0v) is 18.0. The van der Waals surface area contributed by atoms with E-state index >= 15 is 0 Å². The van der Waals surface area contributed by atoms with Crippen LogP contribution in [-0.4, -0.2) is 55.2 Å². The largest absolute Gasteiger partial charge is 0.454 e. The zero-order chi connectivity index (χ0) is 23.0. The quantitative estimate of drug-likeness (QED) is 0.505. The minimum absolute atomic E-state index is 0.0233. The highest BCUT2D eigenvalue weighted by Gasteiger charge is 2.73. The van der Waals surface area contributed by atoms with Crippen molar-refractivity contribution in [3.8, 4) is 0 Å². The van der Waals surface area contributed by atoms with E-state index in [0.717, 1.165) is 0 Å². The van der Waals surface area contributed by atoms with E-state index in [4.69, 9.17) is 23.7 Å². The van der Waals surface area contributed by atoms with Crippen LogP contribution < -0.4 is 0 Å². The van der Waals surface area contributed by atoms with Crippen LogP contribution in [-0.2, 0) is 28.5 Å². The first-order valence-electron chi connectivity index (χ1n) is 10.9. The lowest BCUT2D eigenvalue weighted by molar-refractivity contribution is -0.177. The topological polar surface area (TPSA) is 97.4 Å². The summed E-state index contributed by atoms with van der Waals surface area (Å²) >= 11 is 0. The van der Waals surface area contributed by atoms with Gasteiger partial charge < -0.3 is 23.7 Å². The van der Waals surface area contributed by atoms with Gasteiger partial charge in [-0.05, 0) is 30.7 Å². The minimum atomic E-state index is -1.31. The molecule has 172 valence electrons. The lowest BCUT2D eigenvalue weighted by Crippen LogP contribution is -2.52. The molecule has 0 N–H and O–H groups in total. The lowest BCUT2D eigenvalue weighted by Gasteiger charge is -2.34. The Kier molecular flexibility index (Phi) is 5.64. The summed E-state index contributed by atoms with van der Waals surface area (Å²) in [5.74, 6) is -2.39. The highest BCUT2D eigenvalue weighted by Crippen LogP contribution is 2.55. The molecule has 2 aromatic carbocycles. The maximum atomic E-state index is 13.0. The van der Waals surface area contributed by atoms with Gasteiger partial charge in [0.15, 0.2) is 18.0 Å². The summed E-state index contributed by atoms with van der Waals surface area (Å²) in [6, 6.07) is 17.1. The number of benzene rings is 2. The van der Waals surface area contributed by atoms with Crippen molar-refractivity contribution < 1.29 is 38.1 Å². The number of esters is 3. The Balaban J connectivity index is 1.52. The fourth-order valence-electron chi connectivity index (χ4n) is 5.26. The fraction of sp³-hybridized carbons (Fsp3) is 0.400. The van der Waals surface area contributed by atoms with E-state index < -0.39 is 47.9 Å². The smallest absolute Gasteiger partial charge is 0.338 e. The Morgan fingerprint density at radius 2 is 1.48 bits per heavy atom.